The van der Waals surface area contributed by atoms with E-state index in [9.17, 15) is 9.59 Å². The molecule has 29 heavy (non-hydrogen) atoms. The molecule has 0 spiro atoms. The van der Waals surface area contributed by atoms with Crippen molar-refractivity contribution in [3.05, 3.63) is 65.0 Å². The van der Waals surface area contributed by atoms with Crippen molar-refractivity contribution in [1.29, 1.82) is 0 Å². The van der Waals surface area contributed by atoms with E-state index in [1.54, 1.807) is 18.2 Å². The van der Waals surface area contributed by atoms with E-state index in [0.717, 1.165) is 49.4 Å². The quantitative estimate of drug-likeness (QED) is 0.650. The van der Waals surface area contributed by atoms with Gasteiger partial charge in [-0.15, -0.1) is 0 Å². The number of aromatic amines is 1. The molecule has 1 unspecified atom stereocenters. The number of H-pyrrole nitrogens is 1. The zero-order valence-corrected chi connectivity index (χ0v) is 16.4. The van der Waals surface area contributed by atoms with Crippen molar-refractivity contribution in [1.82, 2.24) is 14.9 Å². The fourth-order valence-electron chi connectivity index (χ4n) is 3.99. The van der Waals surface area contributed by atoms with Crippen molar-refractivity contribution in [2.75, 3.05) is 20.2 Å². The molecule has 2 heterocycles. The first-order chi connectivity index (χ1) is 14.0. The standard InChI is InChI=1S/C22H24N4O3/c1-29-22(28)15-9-7-14(8-10-15)12-26-11-3-4-16(13-26)21-24-18-6-2-5-17(20(23)27)19(18)25-21/h2,5-10,16H,3-4,11-13H2,1H3,(H2,23,27)(H,24,25). The van der Waals surface area contributed by atoms with Crippen LogP contribution in [0.2, 0.25) is 0 Å². The molecule has 2 aromatic carbocycles. The maximum absolute atomic E-state index is 11.7. The summed E-state index contributed by atoms with van der Waals surface area (Å²) in [7, 11) is 1.38. The molecule has 0 aliphatic carbocycles. The van der Waals surface area contributed by atoms with Crippen molar-refractivity contribution in [2.45, 2.75) is 25.3 Å². The number of nitrogens with two attached hydrogens (primary N) is 1. The van der Waals surface area contributed by atoms with Crippen molar-refractivity contribution < 1.29 is 14.3 Å². The van der Waals surface area contributed by atoms with Gasteiger partial charge in [-0.3, -0.25) is 9.69 Å². The van der Waals surface area contributed by atoms with Crippen LogP contribution < -0.4 is 5.73 Å². The minimum Gasteiger partial charge on any atom is -0.465 e. The number of nitrogens with one attached hydrogen (secondary N) is 1. The monoisotopic (exact) mass is 392 g/mol. The predicted octanol–water partition coefficient (Wildman–Crippen LogP) is 2.83. The molecule has 1 fully saturated rings. The second-order valence-electron chi connectivity index (χ2n) is 7.45. The number of ether oxygens (including phenoxy) is 1. The molecular formula is C22H24N4O3. The minimum atomic E-state index is -0.464. The third kappa shape index (κ3) is 4.00. The summed E-state index contributed by atoms with van der Waals surface area (Å²) in [6.07, 6.45) is 2.12. The number of piperidine rings is 1. The number of benzene rings is 2. The molecular weight excluding hydrogens is 368 g/mol. The van der Waals surface area contributed by atoms with Crippen molar-refractivity contribution >= 4 is 22.9 Å². The Morgan fingerprint density at radius 3 is 2.76 bits per heavy atom. The molecule has 1 saturated heterocycles. The first-order valence-electron chi connectivity index (χ1n) is 9.73. The fraction of sp³-hybridized carbons (Fsp3) is 0.318. The summed E-state index contributed by atoms with van der Waals surface area (Å²) in [6, 6.07) is 13.0. The van der Waals surface area contributed by atoms with Gasteiger partial charge in [0.1, 0.15) is 11.3 Å². The second kappa shape index (κ2) is 8.05. The number of fused-ring (bicyclic) bond motifs is 1. The van der Waals surface area contributed by atoms with Gasteiger partial charge < -0.3 is 15.5 Å². The van der Waals surface area contributed by atoms with Crippen molar-refractivity contribution in [3.8, 4) is 0 Å². The minimum absolute atomic E-state index is 0.270. The van der Waals surface area contributed by atoms with Crippen LogP contribution >= 0.6 is 0 Å². The number of methoxy groups -OCH3 is 1. The molecule has 0 saturated carbocycles. The Hall–Kier alpha value is -3.19. The smallest absolute Gasteiger partial charge is 0.337 e. The summed E-state index contributed by atoms with van der Waals surface area (Å²) in [4.78, 5) is 33.7. The zero-order valence-electron chi connectivity index (χ0n) is 16.4. The van der Waals surface area contributed by atoms with E-state index in [4.69, 9.17) is 15.5 Å². The summed E-state index contributed by atoms with van der Waals surface area (Å²) in [5.41, 5.74) is 9.12. The number of rotatable bonds is 5. The average Bonchev–Trinajstić information content (AvgIpc) is 3.18. The topological polar surface area (TPSA) is 101 Å². The molecule has 150 valence electrons. The Labute approximate surface area is 168 Å². The Kier molecular flexibility index (Phi) is 5.31. The van der Waals surface area contributed by atoms with Gasteiger partial charge in [0.25, 0.3) is 5.91 Å². The molecule has 7 nitrogen and oxygen atoms in total. The van der Waals surface area contributed by atoms with E-state index < -0.39 is 5.91 Å². The highest BCUT2D eigenvalue weighted by molar-refractivity contribution is 6.04. The van der Waals surface area contributed by atoms with Crippen molar-refractivity contribution in [3.63, 3.8) is 0 Å². The molecule has 3 aromatic rings. The van der Waals surface area contributed by atoms with E-state index in [1.807, 2.05) is 24.3 Å². The van der Waals surface area contributed by atoms with Crippen molar-refractivity contribution in [2.24, 2.45) is 5.73 Å². The fourth-order valence-corrected chi connectivity index (χ4v) is 3.99. The second-order valence-corrected chi connectivity index (χ2v) is 7.45. The number of primary amides is 1. The molecule has 1 atom stereocenters. The molecule has 1 amide bonds. The first kappa shape index (κ1) is 19.1. The Balaban J connectivity index is 1.48. The van der Waals surface area contributed by atoms with E-state index in [0.29, 0.717) is 16.6 Å². The van der Waals surface area contributed by atoms with Crippen LogP contribution in [0, 0.1) is 0 Å². The SMILES string of the molecule is COC(=O)c1ccc(CN2CCCC(c3nc4c(C(N)=O)cccc4[nH]3)C2)cc1. The van der Waals surface area contributed by atoms with Gasteiger partial charge in [0.15, 0.2) is 0 Å². The number of likely N-dealkylation sites (tertiary alicyclic amines) is 1. The molecule has 7 heteroatoms. The average molecular weight is 392 g/mol. The van der Waals surface area contributed by atoms with Crippen LogP contribution in [0.3, 0.4) is 0 Å². The van der Waals surface area contributed by atoms with Crippen LogP contribution in [0.15, 0.2) is 42.5 Å². The van der Waals surface area contributed by atoms with Gasteiger partial charge >= 0.3 is 5.97 Å². The van der Waals surface area contributed by atoms with Gasteiger partial charge in [-0.25, -0.2) is 9.78 Å². The lowest BCUT2D eigenvalue weighted by atomic mass is 9.97. The summed E-state index contributed by atoms with van der Waals surface area (Å²) >= 11 is 0. The van der Waals surface area contributed by atoms with E-state index >= 15 is 0 Å². The largest absolute Gasteiger partial charge is 0.465 e. The van der Waals surface area contributed by atoms with Crippen LogP contribution in [-0.2, 0) is 11.3 Å². The maximum atomic E-state index is 11.7. The predicted molar refractivity (Wildman–Crippen MR) is 110 cm³/mol. The summed E-state index contributed by atoms with van der Waals surface area (Å²) in [6.45, 7) is 2.71. The van der Waals surface area contributed by atoms with Gasteiger partial charge in [0, 0.05) is 19.0 Å². The van der Waals surface area contributed by atoms with Gasteiger partial charge in [0.05, 0.1) is 23.8 Å². The third-order valence-corrected chi connectivity index (χ3v) is 5.47. The molecule has 3 N–H and O–H groups in total. The highest BCUT2D eigenvalue weighted by Crippen LogP contribution is 2.28. The molecule has 0 radical (unpaired) electrons. The van der Waals surface area contributed by atoms with E-state index in [2.05, 4.69) is 9.88 Å². The van der Waals surface area contributed by atoms with E-state index in [1.165, 1.54) is 7.11 Å². The Morgan fingerprint density at radius 2 is 2.03 bits per heavy atom. The number of hydrogen-bond donors (Lipinski definition) is 2. The number of carbonyl (C=O) groups is 2. The Morgan fingerprint density at radius 1 is 1.24 bits per heavy atom. The van der Waals surface area contributed by atoms with Gasteiger partial charge in [-0.05, 0) is 49.2 Å². The number of esters is 1. The van der Waals surface area contributed by atoms with Crippen LogP contribution in [-0.4, -0.2) is 46.9 Å². The highest BCUT2D eigenvalue weighted by atomic mass is 16.5. The number of hydrogen-bond acceptors (Lipinski definition) is 5. The number of aromatic nitrogens is 2. The Bertz CT molecular complexity index is 1040. The number of amides is 1. The van der Waals surface area contributed by atoms with Gasteiger partial charge in [-0.1, -0.05) is 18.2 Å². The molecule has 4 rings (SSSR count). The summed E-state index contributed by atoms with van der Waals surface area (Å²) < 4.78 is 4.75. The molecule has 1 aliphatic rings. The van der Waals surface area contributed by atoms with Crippen LogP contribution in [0.25, 0.3) is 11.0 Å². The molecule has 1 aromatic heterocycles. The number of nitrogens with zero attached hydrogens (tertiary/aromatic N) is 2. The number of carbonyl (C=O) groups excluding carboxylic acids is 2. The molecule has 1 aliphatic heterocycles. The lowest BCUT2D eigenvalue weighted by Gasteiger charge is -2.31. The lowest BCUT2D eigenvalue weighted by Crippen LogP contribution is -2.34. The maximum Gasteiger partial charge on any atom is 0.337 e. The van der Waals surface area contributed by atoms with Crippen LogP contribution in [0.4, 0.5) is 0 Å². The third-order valence-electron chi connectivity index (χ3n) is 5.47. The van der Waals surface area contributed by atoms with Crippen LogP contribution in [0.1, 0.15) is 50.9 Å². The summed E-state index contributed by atoms with van der Waals surface area (Å²) in [5.74, 6) is 0.384. The lowest BCUT2D eigenvalue weighted by molar-refractivity contribution is 0.0600. The zero-order chi connectivity index (χ0) is 20.4. The summed E-state index contributed by atoms with van der Waals surface area (Å²) in [5, 5.41) is 0. The van der Waals surface area contributed by atoms with Gasteiger partial charge in [0.2, 0.25) is 0 Å². The number of para-hydroxylation sites is 1. The van der Waals surface area contributed by atoms with E-state index in [-0.39, 0.29) is 11.9 Å². The van der Waals surface area contributed by atoms with Crippen LogP contribution in [0.5, 0.6) is 0 Å². The normalized spacial score (nSPS) is 17.3. The van der Waals surface area contributed by atoms with Gasteiger partial charge in [-0.2, -0.15) is 0 Å². The highest BCUT2D eigenvalue weighted by Gasteiger charge is 2.24. The molecule has 0 bridgehead atoms. The first-order valence-corrected chi connectivity index (χ1v) is 9.73. The number of imidazole rings is 1.